The summed E-state index contributed by atoms with van der Waals surface area (Å²) in [6, 6.07) is 10.8. The van der Waals surface area contributed by atoms with Crippen molar-refractivity contribution in [2.24, 2.45) is 0 Å². The Bertz CT molecular complexity index is 892. The maximum Gasteiger partial charge on any atom is 0.287 e. The Morgan fingerprint density at radius 1 is 1.17 bits per heavy atom. The highest BCUT2D eigenvalue weighted by Gasteiger charge is 2.27. The predicted octanol–water partition coefficient (Wildman–Crippen LogP) is 1.13. The van der Waals surface area contributed by atoms with Crippen molar-refractivity contribution < 1.29 is 18.8 Å². The topological polar surface area (TPSA) is 104 Å². The highest BCUT2D eigenvalue weighted by Crippen LogP contribution is 2.23. The van der Waals surface area contributed by atoms with Crippen molar-refractivity contribution in [1.29, 1.82) is 0 Å². The van der Waals surface area contributed by atoms with E-state index in [1.165, 1.54) is 7.05 Å². The smallest absolute Gasteiger partial charge is 0.287 e. The van der Waals surface area contributed by atoms with Crippen molar-refractivity contribution in [1.82, 2.24) is 20.9 Å². The summed E-state index contributed by atoms with van der Waals surface area (Å²) in [6.07, 6.45) is 1.93. The van der Waals surface area contributed by atoms with E-state index in [0.29, 0.717) is 12.3 Å². The monoisotopic (exact) mass is 398 g/mol. The third-order valence-corrected chi connectivity index (χ3v) is 5.02. The quantitative estimate of drug-likeness (QED) is 0.649. The molecule has 2 heterocycles. The van der Waals surface area contributed by atoms with Gasteiger partial charge in [0.05, 0.1) is 12.6 Å². The minimum atomic E-state index is -0.455. The number of likely N-dealkylation sites (N-methyl/N-ethyl adjacent to an activating group) is 2. The maximum atomic E-state index is 12.3. The third kappa shape index (κ3) is 5.23. The number of amides is 3. The van der Waals surface area contributed by atoms with Crippen LogP contribution in [0.15, 0.2) is 40.8 Å². The van der Waals surface area contributed by atoms with Gasteiger partial charge in [0.1, 0.15) is 5.76 Å². The van der Waals surface area contributed by atoms with E-state index < -0.39 is 5.91 Å². The van der Waals surface area contributed by atoms with Crippen LogP contribution in [0.5, 0.6) is 0 Å². The number of carbonyl (C=O) groups is 3. The second kappa shape index (κ2) is 9.38. The number of likely N-dealkylation sites (tertiary alicyclic amines) is 1. The summed E-state index contributed by atoms with van der Waals surface area (Å²) >= 11 is 0. The van der Waals surface area contributed by atoms with E-state index in [0.717, 1.165) is 30.5 Å². The van der Waals surface area contributed by atoms with E-state index in [-0.39, 0.29) is 30.2 Å². The first-order valence-electron chi connectivity index (χ1n) is 9.64. The molecule has 1 unspecified atom stereocenters. The molecule has 3 amide bonds. The number of nitrogens with zero attached hydrogens (tertiary/aromatic N) is 1. The van der Waals surface area contributed by atoms with Crippen molar-refractivity contribution >= 4 is 17.7 Å². The van der Waals surface area contributed by atoms with E-state index in [2.05, 4.69) is 20.9 Å². The van der Waals surface area contributed by atoms with Gasteiger partial charge in [-0.15, -0.1) is 0 Å². The molecule has 0 radical (unpaired) electrons. The zero-order valence-corrected chi connectivity index (χ0v) is 16.7. The molecule has 29 heavy (non-hydrogen) atoms. The van der Waals surface area contributed by atoms with Crippen LogP contribution in [0.25, 0.3) is 11.3 Å². The number of benzene rings is 1. The van der Waals surface area contributed by atoms with Crippen molar-refractivity contribution in [2.75, 3.05) is 27.2 Å². The van der Waals surface area contributed by atoms with E-state index in [9.17, 15) is 14.4 Å². The van der Waals surface area contributed by atoms with Gasteiger partial charge in [-0.1, -0.05) is 18.2 Å². The van der Waals surface area contributed by atoms with Crippen LogP contribution in [-0.4, -0.2) is 55.8 Å². The van der Waals surface area contributed by atoms with Crippen LogP contribution < -0.4 is 16.0 Å². The van der Waals surface area contributed by atoms with Crippen molar-refractivity contribution in [3.63, 3.8) is 0 Å². The van der Waals surface area contributed by atoms with Crippen LogP contribution in [0.2, 0.25) is 0 Å². The van der Waals surface area contributed by atoms with Crippen LogP contribution in [0.1, 0.15) is 29.0 Å². The molecule has 3 N–H and O–H groups in total. The number of hydrogen-bond donors (Lipinski definition) is 3. The molecule has 1 atom stereocenters. The van der Waals surface area contributed by atoms with Gasteiger partial charge in [-0.3, -0.25) is 19.3 Å². The summed E-state index contributed by atoms with van der Waals surface area (Å²) in [6.45, 7) is 1.26. The van der Waals surface area contributed by atoms with Crippen molar-refractivity contribution in [3.05, 3.63) is 47.7 Å². The Labute approximate surface area is 169 Å². The van der Waals surface area contributed by atoms with Crippen LogP contribution >= 0.6 is 0 Å². The molecule has 0 bridgehead atoms. The summed E-state index contributed by atoms with van der Waals surface area (Å²) in [7, 11) is 3.47. The normalized spacial score (nSPS) is 16.4. The van der Waals surface area contributed by atoms with Gasteiger partial charge >= 0.3 is 0 Å². The molecule has 1 aliphatic heterocycles. The van der Waals surface area contributed by atoms with E-state index >= 15 is 0 Å². The van der Waals surface area contributed by atoms with Crippen LogP contribution in [-0.2, 0) is 16.1 Å². The standard InChI is InChI=1S/C21H26N4O4/c1-22-19(26)13-24-21(28)18-9-8-17(29-18)15-6-3-5-14(11-15)12-23-20(27)16-7-4-10-25(16)2/h3,5-6,8-9,11,16H,4,7,10,12-13H2,1-2H3,(H,22,26)(H,23,27)(H,24,28). The Balaban J connectivity index is 1.61. The lowest BCUT2D eigenvalue weighted by molar-refractivity contribution is -0.125. The molecule has 1 aliphatic rings. The maximum absolute atomic E-state index is 12.3. The van der Waals surface area contributed by atoms with Crippen LogP contribution in [0.4, 0.5) is 0 Å². The van der Waals surface area contributed by atoms with Crippen molar-refractivity contribution in [2.45, 2.75) is 25.4 Å². The lowest BCUT2D eigenvalue weighted by atomic mass is 10.1. The minimum Gasteiger partial charge on any atom is -0.451 e. The first kappa shape index (κ1) is 20.6. The van der Waals surface area contributed by atoms with Gasteiger partial charge < -0.3 is 20.4 Å². The summed E-state index contributed by atoms with van der Waals surface area (Å²) in [4.78, 5) is 37.7. The fourth-order valence-electron chi connectivity index (χ4n) is 3.33. The molecule has 8 nitrogen and oxygen atoms in total. The molecule has 1 aromatic carbocycles. The number of hydrogen-bond acceptors (Lipinski definition) is 5. The molecular weight excluding hydrogens is 372 g/mol. The lowest BCUT2D eigenvalue weighted by Crippen LogP contribution is -2.41. The predicted molar refractivity (Wildman–Crippen MR) is 108 cm³/mol. The average Bonchev–Trinajstić information content (AvgIpc) is 3.39. The van der Waals surface area contributed by atoms with Crippen LogP contribution in [0, 0.1) is 0 Å². The Hall–Kier alpha value is -3.13. The lowest BCUT2D eigenvalue weighted by Gasteiger charge is -2.18. The van der Waals surface area contributed by atoms with E-state index in [1.54, 1.807) is 12.1 Å². The third-order valence-electron chi connectivity index (χ3n) is 5.02. The Morgan fingerprint density at radius 2 is 2.00 bits per heavy atom. The van der Waals surface area contributed by atoms with Gasteiger partial charge in [0.25, 0.3) is 5.91 Å². The summed E-state index contributed by atoms with van der Waals surface area (Å²) < 4.78 is 5.64. The SMILES string of the molecule is CNC(=O)CNC(=O)c1ccc(-c2cccc(CNC(=O)C3CCCN3C)c2)o1. The number of nitrogens with one attached hydrogen (secondary N) is 3. The second-order valence-electron chi connectivity index (χ2n) is 7.08. The van der Waals surface area contributed by atoms with Crippen molar-refractivity contribution in [3.8, 4) is 11.3 Å². The average molecular weight is 398 g/mol. The summed E-state index contributed by atoms with van der Waals surface area (Å²) in [5.74, 6) is -0.0261. The fourth-order valence-corrected chi connectivity index (χ4v) is 3.33. The van der Waals surface area contributed by atoms with E-state index in [1.807, 2.05) is 31.3 Å². The largest absolute Gasteiger partial charge is 0.451 e. The van der Waals surface area contributed by atoms with Gasteiger partial charge in [-0.05, 0) is 50.2 Å². The van der Waals surface area contributed by atoms with Gasteiger partial charge in [-0.25, -0.2) is 0 Å². The number of carbonyl (C=O) groups excluding carboxylic acids is 3. The molecule has 2 aromatic rings. The number of rotatable bonds is 7. The van der Waals surface area contributed by atoms with Gasteiger partial charge in [0.2, 0.25) is 11.8 Å². The summed E-state index contributed by atoms with van der Waals surface area (Å²) in [5, 5.41) is 7.92. The molecule has 0 saturated carbocycles. The highest BCUT2D eigenvalue weighted by atomic mass is 16.3. The molecule has 8 heteroatoms. The molecular formula is C21H26N4O4. The van der Waals surface area contributed by atoms with Gasteiger partial charge in [0, 0.05) is 19.2 Å². The zero-order chi connectivity index (χ0) is 20.8. The molecule has 0 spiro atoms. The summed E-state index contributed by atoms with van der Waals surface area (Å²) in [5.41, 5.74) is 1.75. The first-order chi connectivity index (χ1) is 14.0. The van der Waals surface area contributed by atoms with Crippen LogP contribution in [0.3, 0.4) is 0 Å². The molecule has 1 aromatic heterocycles. The van der Waals surface area contributed by atoms with E-state index in [4.69, 9.17) is 4.42 Å². The Kier molecular flexibility index (Phi) is 6.66. The Morgan fingerprint density at radius 3 is 2.72 bits per heavy atom. The molecule has 0 aliphatic carbocycles. The molecule has 1 saturated heterocycles. The van der Waals surface area contributed by atoms with Gasteiger partial charge in [0.15, 0.2) is 5.76 Å². The number of furan rings is 1. The second-order valence-corrected chi connectivity index (χ2v) is 7.08. The highest BCUT2D eigenvalue weighted by molar-refractivity contribution is 5.94. The first-order valence-corrected chi connectivity index (χ1v) is 9.64. The molecule has 1 fully saturated rings. The zero-order valence-electron chi connectivity index (χ0n) is 16.7. The fraction of sp³-hybridized carbons (Fsp3) is 0.381. The molecule has 3 rings (SSSR count). The van der Waals surface area contributed by atoms with Gasteiger partial charge in [-0.2, -0.15) is 0 Å². The minimum absolute atomic E-state index is 0.0449. The molecule has 154 valence electrons.